The van der Waals surface area contributed by atoms with Gasteiger partial charge in [-0.15, -0.1) is 0 Å². The Morgan fingerprint density at radius 1 is 1.13 bits per heavy atom. The van der Waals surface area contributed by atoms with E-state index in [0.717, 1.165) is 25.5 Å². The highest BCUT2D eigenvalue weighted by Gasteiger charge is 2.50. The van der Waals surface area contributed by atoms with Crippen LogP contribution in [0.4, 0.5) is 8.78 Å². The summed E-state index contributed by atoms with van der Waals surface area (Å²) in [7, 11) is 1.70. The van der Waals surface area contributed by atoms with Gasteiger partial charge in [-0.1, -0.05) is 6.07 Å². The van der Waals surface area contributed by atoms with Crippen molar-refractivity contribution in [2.24, 2.45) is 16.6 Å². The van der Waals surface area contributed by atoms with E-state index in [2.05, 4.69) is 4.99 Å². The first-order valence-corrected chi connectivity index (χ1v) is 10.1. The zero-order valence-corrected chi connectivity index (χ0v) is 16.6. The molecular weight excluding hydrogens is 392 g/mol. The third-order valence-corrected chi connectivity index (χ3v) is 5.98. The maximum atomic E-state index is 13.8. The van der Waals surface area contributed by atoms with Crippen molar-refractivity contribution >= 4 is 5.96 Å². The van der Waals surface area contributed by atoms with E-state index in [4.69, 9.17) is 20.0 Å². The SMILES string of the molecule is CN1O[C@@]2(C[C@@H]([C@@H]3CCCOC3)Oc3ccc(-c4cc(F)cc(F)c4)cc32)N=C1N. The molecule has 0 unspecified atom stereocenters. The fraction of sp³-hybridized carbons (Fsp3) is 0.409. The van der Waals surface area contributed by atoms with Gasteiger partial charge >= 0.3 is 0 Å². The summed E-state index contributed by atoms with van der Waals surface area (Å²) < 4.78 is 39.5. The number of benzene rings is 2. The molecule has 2 N–H and O–H groups in total. The Hall–Kier alpha value is -2.71. The molecule has 1 saturated heterocycles. The van der Waals surface area contributed by atoms with Crippen LogP contribution in [-0.2, 0) is 15.3 Å². The number of aliphatic imine (C=N–C) groups is 1. The number of hydrogen-bond acceptors (Lipinski definition) is 6. The lowest BCUT2D eigenvalue weighted by Crippen LogP contribution is -2.44. The highest BCUT2D eigenvalue weighted by Crippen LogP contribution is 2.48. The second kappa shape index (κ2) is 7.21. The first kappa shape index (κ1) is 19.3. The van der Waals surface area contributed by atoms with E-state index in [1.54, 1.807) is 19.2 Å². The second-order valence-corrected chi connectivity index (χ2v) is 8.05. The Kier molecular flexibility index (Phi) is 4.63. The molecular formula is C22H23F2N3O3. The van der Waals surface area contributed by atoms with Crippen LogP contribution in [-0.4, -0.2) is 37.4 Å². The predicted octanol–water partition coefficient (Wildman–Crippen LogP) is 3.55. The number of nitrogens with two attached hydrogens (primary N) is 1. The van der Waals surface area contributed by atoms with Crippen LogP contribution in [0.1, 0.15) is 24.8 Å². The summed E-state index contributed by atoms with van der Waals surface area (Å²) in [5.74, 6) is -0.144. The monoisotopic (exact) mass is 415 g/mol. The number of hydrogen-bond donors (Lipinski definition) is 1. The highest BCUT2D eigenvalue weighted by atomic mass is 19.1. The van der Waals surface area contributed by atoms with Gasteiger partial charge in [-0.3, -0.25) is 0 Å². The Labute approximate surface area is 173 Å². The van der Waals surface area contributed by atoms with E-state index < -0.39 is 17.4 Å². The van der Waals surface area contributed by atoms with Crippen LogP contribution in [0.2, 0.25) is 0 Å². The lowest BCUT2D eigenvalue weighted by molar-refractivity contribution is -0.196. The average molecular weight is 415 g/mol. The van der Waals surface area contributed by atoms with Gasteiger partial charge in [-0.05, 0) is 48.2 Å². The van der Waals surface area contributed by atoms with Crippen molar-refractivity contribution in [2.45, 2.75) is 31.1 Å². The summed E-state index contributed by atoms with van der Waals surface area (Å²) in [5.41, 5.74) is 6.75. The Morgan fingerprint density at radius 3 is 2.60 bits per heavy atom. The van der Waals surface area contributed by atoms with Gasteiger partial charge in [-0.25, -0.2) is 23.7 Å². The molecule has 2 aromatic carbocycles. The maximum Gasteiger partial charge on any atom is 0.221 e. The first-order chi connectivity index (χ1) is 14.4. The van der Waals surface area contributed by atoms with Gasteiger partial charge in [0.15, 0.2) is 0 Å². The molecule has 3 aliphatic rings. The molecule has 3 heterocycles. The van der Waals surface area contributed by atoms with Crippen LogP contribution in [0.5, 0.6) is 5.75 Å². The van der Waals surface area contributed by atoms with Crippen molar-refractivity contribution in [3.63, 3.8) is 0 Å². The maximum absolute atomic E-state index is 13.8. The number of ether oxygens (including phenoxy) is 2. The van der Waals surface area contributed by atoms with E-state index in [1.807, 2.05) is 6.07 Å². The molecule has 3 atom stereocenters. The van der Waals surface area contributed by atoms with Crippen molar-refractivity contribution in [1.82, 2.24) is 5.06 Å². The molecule has 0 bridgehead atoms. The number of guanidine groups is 1. The van der Waals surface area contributed by atoms with Crippen LogP contribution < -0.4 is 10.5 Å². The van der Waals surface area contributed by atoms with Crippen molar-refractivity contribution < 1.29 is 23.1 Å². The van der Waals surface area contributed by atoms with Gasteiger partial charge in [0.1, 0.15) is 23.5 Å². The second-order valence-electron chi connectivity index (χ2n) is 8.05. The topological polar surface area (TPSA) is 69.3 Å². The van der Waals surface area contributed by atoms with Crippen molar-refractivity contribution in [1.29, 1.82) is 0 Å². The molecule has 0 aliphatic carbocycles. The zero-order chi connectivity index (χ0) is 20.9. The highest BCUT2D eigenvalue weighted by molar-refractivity contribution is 5.79. The smallest absolute Gasteiger partial charge is 0.221 e. The summed E-state index contributed by atoms with van der Waals surface area (Å²) >= 11 is 0. The molecule has 1 fully saturated rings. The fourth-order valence-electron chi connectivity index (χ4n) is 4.49. The summed E-state index contributed by atoms with van der Waals surface area (Å²) in [6.45, 7) is 1.40. The summed E-state index contributed by atoms with van der Waals surface area (Å²) in [6.07, 6.45) is 2.32. The number of nitrogens with zero attached hydrogens (tertiary/aromatic N) is 2. The molecule has 30 heavy (non-hydrogen) atoms. The Morgan fingerprint density at radius 2 is 1.93 bits per heavy atom. The van der Waals surface area contributed by atoms with Gasteiger partial charge in [0.2, 0.25) is 11.7 Å². The number of hydroxylamine groups is 2. The number of rotatable bonds is 2. The van der Waals surface area contributed by atoms with E-state index >= 15 is 0 Å². The molecule has 0 aromatic heterocycles. The van der Waals surface area contributed by atoms with Gasteiger partial charge < -0.3 is 15.2 Å². The average Bonchev–Trinajstić information content (AvgIpc) is 3.01. The third kappa shape index (κ3) is 3.30. The number of halogens is 2. The van der Waals surface area contributed by atoms with E-state index in [0.29, 0.717) is 35.5 Å². The van der Waals surface area contributed by atoms with Gasteiger partial charge in [-0.2, -0.15) is 0 Å². The van der Waals surface area contributed by atoms with Gasteiger partial charge in [0.25, 0.3) is 0 Å². The summed E-state index contributed by atoms with van der Waals surface area (Å²) in [5, 5.41) is 1.44. The summed E-state index contributed by atoms with van der Waals surface area (Å²) in [6, 6.07) is 8.84. The third-order valence-electron chi connectivity index (χ3n) is 5.98. The van der Waals surface area contributed by atoms with Crippen molar-refractivity contribution in [2.75, 3.05) is 20.3 Å². The van der Waals surface area contributed by atoms with Gasteiger partial charge in [0, 0.05) is 32.1 Å². The number of fused-ring (bicyclic) bond motifs is 2. The Balaban J connectivity index is 1.58. The van der Waals surface area contributed by atoms with E-state index in [-0.39, 0.29) is 18.0 Å². The zero-order valence-electron chi connectivity index (χ0n) is 16.6. The fourth-order valence-corrected chi connectivity index (χ4v) is 4.49. The molecule has 1 spiro atoms. The molecule has 6 nitrogen and oxygen atoms in total. The van der Waals surface area contributed by atoms with E-state index in [9.17, 15) is 8.78 Å². The molecule has 2 aromatic rings. The lowest BCUT2D eigenvalue weighted by atomic mass is 9.84. The summed E-state index contributed by atoms with van der Waals surface area (Å²) in [4.78, 5) is 10.8. The molecule has 0 amide bonds. The Bertz CT molecular complexity index is 989. The molecule has 3 aliphatic heterocycles. The van der Waals surface area contributed by atoms with Crippen LogP contribution in [0.3, 0.4) is 0 Å². The van der Waals surface area contributed by atoms with Crippen LogP contribution in [0.15, 0.2) is 41.4 Å². The van der Waals surface area contributed by atoms with Crippen molar-refractivity contribution in [3.05, 3.63) is 53.6 Å². The van der Waals surface area contributed by atoms with E-state index in [1.165, 1.54) is 17.2 Å². The molecule has 0 radical (unpaired) electrons. The largest absolute Gasteiger partial charge is 0.489 e. The standard InChI is InChI=1S/C22H23F2N3O3/c1-27-21(25)26-22(30-27)11-20(14-3-2-6-28-12-14)29-19-5-4-13(9-18(19)22)15-7-16(23)10-17(24)8-15/h4-5,7-10,14,20H,2-3,6,11-12H2,1H3,(H2,25,26)/t14-,20+,22-/m1/s1. The van der Waals surface area contributed by atoms with Crippen LogP contribution >= 0.6 is 0 Å². The molecule has 8 heteroatoms. The molecule has 5 rings (SSSR count). The van der Waals surface area contributed by atoms with Crippen molar-refractivity contribution in [3.8, 4) is 16.9 Å². The molecule has 0 saturated carbocycles. The minimum Gasteiger partial charge on any atom is -0.489 e. The van der Waals surface area contributed by atoms with Crippen LogP contribution in [0, 0.1) is 17.6 Å². The minimum atomic E-state index is -1.05. The normalized spacial score (nSPS) is 28.2. The van der Waals surface area contributed by atoms with Gasteiger partial charge in [0.05, 0.1) is 12.2 Å². The molecule has 158 valence electrons. The predicted molar refractivity (Wildman–Crippen MR) is 107 cm³/mol. The van der Waals surface area contributed by atoms with Crippen LogP contribution in [0.25, 0.3) is 11.1 Å². The minimum absolute atomic E-state index is 0.140. The lowest BCUT2D eigenvalue weighted by Gasteiger charge is -2.41. The first-order valence-electron chi connectivity index (χ1n) is 10.1. The quantitative estimate of drug-likeness (QED) is 0.812.